The van der Waals surface area contributed by atoms with E-state index in [2.05, 4.69) is 22.0 Å². The molecule has 0 bridgehead atoms. The van der Waals surface area contributed by atoms with Gasteiger partial charge in [-0.25, -0.2) is 4.79 Å². The van der Waals surface area contributed by atoms with E-state index in [4.69, 9.17) is 0 Å². The van der Waals surface area contributed by atoms with E-state index in [1.54, 1.807) is 0 Å². The Morgan fingerprint density at radius 2 is 1.61 bits per heavy atom. The number of benzene rings is 1. The highest BCUT2D eigenvalue weighted by Gasteiger charge is 2.35. The van der Waals surface area contributed by atoms with E-state index in [0.29, 0.717) is 41.0 Å². The van der Waals surface area contributed by atoms with Crippen molar-refractivity contribution in [3.63, 3.8) is 0 Å². The molecular weight excluding hydrogens is 412 g/mol. The minimum absolute atomic E-state index is 0.0833. The molecule has 1 aromatic rings. The number of urea groups is 1. The molecule has 7 nitrogen and oxygen atoms in total. The Balaban J connectivity index is 1.39. The molecule has 0 radical (unpaired) electrons. The Kier molecular flexibility index (Phi) is 6.36. The Labute approximate surface area is 185 Å². The molecule has 1 saturated heterocycles. The minimum Gasteiger partial charge on any atom is -0.356 e. The van der Waals surface area contributed by atoms with Crippen LogP contribution in [0.4, 0.5) is 4.79 Å². The van der Waals surface area contributed by atoms with Crippen LogP contribution in [0.5, 0.6) is 0 Å². The molecule has 0 atom stereocenters. The fraction of sp³-hybridized carbons (Fsp3) is 0.565. The summed E-state index contributed by atoms with van der Waals surface area (Å²) in [5, 5.41) is 6.15. The summed E-state index contributed by atoms with van der Waals surface area (Å²) in [7, 11) is -3.71. The highest BCUT2D eigenvalue weighted by molar-refractivity contribution is 8.00. The van der Waals surface area contributed by atoms with Crippen molar-refractivity contribution in [1.82, 2.24) is 15.5 Å². The van der Waals surface area contributed by atoms with Crippen molar-refractivity contribution in [2.24, 2.45) is 4.40 Å². The van der Waals surface area contributed by atoms with E-state index >= 15 is 0 Å². The average molecular weight is 445 g/mol. The van der Waals surface area contributed by atoms with Crippen molar-refractivity contribution in [3.8, 4) is 0 Å². The molecule has 2 N–H and O–H groups in total. The molecule has 1 saturated carbocycles. The van der Waals surface area contributed by atoms with Crippen LogP contribution in [0.15, 0.2) is 34.2 Å². The third-order valence-electron chi connectivity index (χ3n) is 6.59. The maximum Gasteiger partial charge on any atom is 0.315 e. The Hall–Kier alpha value is -2.35. The van der Waals surface area contributed by atoms with E-state index in [-0.39, 0.29) is 12.1 Å². The summed E-state index contributed by atoms with van der Waals surface area (Å²) >= 11 is 0. The fourth-order valence-electron chi connectivity index (χ4n) is 4.79. The maximum absolute atomic E-state index is 12.8. The molecular formula is C23H32N4O3S. The van der Waals surface area contributed by atoms with Gasteiger partial charge in [-0.3, -0.25) is 0 Å². The predicted octanol–water partition coefficient (Wildman–Crippen LogP) is 3.43. The second kappa shape index (κ2) is 9.02. The van der Waals surface area contributed by atoms with Gasteiger partial charge in [0.05, 0.1) is 0 Å². The van der Waals surface area contributed by atoms with Crippen molar-refractivity contribution < 1.29 is 13.2 Å². The van der Waals surface area contributed by atoms with Gasteiger partial charge in [0.15, 0.2) is 0 Å². The van der Waals surface area contributed by atoms with Crippen LogP contribution in [0, 0.1) is 0 Å². The van der Waals surface area contributed by atoms with Crippen molar-refractivity contribution in [2.75, 3.05) is 13.1 Å². The van der Waals surface area contributed by atoms with Gasteiger partial charge in [0, 0.05) is 30.7 Å². The first-order valence-electron chi connectivity index (χ1n) is 11.3. The number of rotatable bonds is 4. The smallest absolute Gasteiger partial charge is 0.315 e. The highest BCUT2D eigenvalue weighted by Crippen LogP contribution is 2.34. The molecule has 1 aromatic carbocycles. The number of sulfonamides is 1. The molecule has 0 unspecified atom stereocenters. The van der Waals surface area contributed by atoms with Crippen LogP contribution in [0.2, 0.25) is 0 Å². The lowest BCUT2D eigenvalue weighted by molar-refractivity contribution is 0.223. The second-order valence-electron chi connectivity index (χ2n) is 8.76. The molecule has 2 heterocycles. The number of amidine groups is 1. The van der Waals surface area contributed by atoms with Gasteiger partial charge in [0.2, 0.25) is 0 Å². The number of hydrogen-bond acceptors (Lipinski definition) is 4. The quantitative estimate of drug-likeness (QED) is 0.744. The van der Waals surface area contributed by atoms with Crippen LogP contribution < -0.4 is 10.6 Å². The predicted molar refractivity (Wildman–Crippen MR) is 123 cm³/mol. The van der Waals surface area contributed by atoms with Crippen LogP contribution in [0.1, 0.15) is 63.5 Å². The van der Waals surface area contributed by atoms with Gasteiger partial charge in [0.1, 0.15) is 10.7 Å². The number of carbonyl (C=O) groups excluding carboxylic acids is 1. The zero-order valence-electron chi connectivity index (χ0n) is 18.4. The van der Waals surface area contributed by atoms with Crippen LogP contribution >= 0.6 is 0 Å². The fourth-order valence-corrected chi connectivity index (χ4v) is 6.28. The summed E-state index contributed by atoms with van der Waals surface area (Å²) in [6.07, 6.45) is 6.95. The molecule has 8 heteroatoms. The molecule has 4 rings (SSSR count). The third-order valence-corrected chi connectivity index (χ3v) is 8.06. The van der Waals surface area contributed by atoms with Crippen molar-refractivity contribution in [1.29, 1.82) is 0 Å². The number of carbonyl (C=O) groups is 1. The van der Waals surface area contributed by atoms with Gasteiger partial charge >= 0.3 is 6.03 Å². The molecule has 168 valence electrons. The Morgan fingerprint density at radius 3 is 2.19 bits per heavy atom. The normalized spacial score (nSPS) is 22.0. The average Bonchev–Trinajstić information content (AvgIpc) is 3.34. The van der Waals surface area contributed by atoms with Gasteiger partial charge in [-0.15, -0.1) is 4.40 Å². The summed E-state index contributed by atoms with van der Waals surface area (Å²) in [5.74, 6) is 0.545. The summed E-state index contributed by atoms with van der Waals surface area (Å²) in [4.78, 5) is 14.6. The van der Waals surface area contributed by atoms with Crippen LogP contribution in [-0.4, -0.2) is 50.4 Å². The van der Waals surface area contributed by atoms with E-state index in [9.17, 15) is 13.2 Å². The van der Waals surface area contributed by atoms with Gasteiger partial charge in [-0.2, -0.15) is 8.42 Å². The number of hydrogen-bond donors (Lipinski definition) is 2. The Bertz CT molecular complexity index is 984. The van der Waals surface area contributed by atoms with Crippen molar-refractivity contribution in [2.45, 2.75) is 70.9 Å². The lowest BCUT2D eigenvalue weighted by atomic mass is 10.0. The van der Waals surface area contributed by atoms with Crippen molar-refractivity contribution >= 4 is 26.8 Å². The molecule has 0 spiro atoms. The number of aryl methyl sites for hydroxylation is 1. The summed E-state index contributed by atoms with van der Waals surface area (Å²) < 4.78 is 29.8. The SMILES string of the molecule is CCc1ccc(C2=C(C)C(N3CCC(NC(=O)NC4CCCC4)CC3)=NS2(=O)=O)cc1. The summed E-state index contributed by atoms with van der Waals surface area (Å²) in [6, 6.07) is 7.99. The molecule has 0 aromatic heterocycles. The van der Waals surface area contributed by atoms with Crippen molar-refractivity contribution in [3.05, 3.63) is 41.0 Å². The van der Waals surface area contributed by atoms with Crippen LogP contribution in [0.3, 0.4) is 0 Å². The first kappa shape index (κ1) is 21.9. The molecule has 3 aliphatic rings. The largest absolute Gasteiger partial charge is 0.356 e. The van der Waals surface area contributed by atoms with Gasteiger partial charge in [-0.1, -0.05) is 44.0 Å². The lowest BCUT2D eigenvalue weighted by Gasteiger charge is -2.34. The zero-order chi connectivity index (χ0) is 22.0. The molecule has 2 fully saturated rings. The van der Waals surface area contributed by atoms with Crippen LogP contribution in [0.25, 0.3) is 4.91 Å². The monoisotopic (exact) mass is 444 g/mol. The lowest BCUT2D eigenvalue weighted by Crippen LogP contribution is -2.50. The van der Waals surface area contributed by atoms with E-state index < -0.39 is 10.0 Å². The third kappa shape index (κ3) is 4.79. The molecule has 31 heavy (non-hydrogen) atoms. The first-order chi connectivity index (χ1) is 14.9. The summed E-state index contributed by atoms with van der Waals surface area (Å²) in [6.45, 7) is 5.25. The van der Waals surface area contributed by atoms with Gasteiger partial charge in [0.25, 0.3) is 10.0 Å². The first-order valence-corrected chi connectivity index (χ1v) is 12.8. The number of likely N-dealkylation sites (tertiary alicyclic amines) is 1. The summed E-state index contributed by atoms with van der Waals surface area (Å²) in [5.41, 5.74) is 2.56. The molecule has 1 aliphatic carbocycles. The number of nitrogens with zero attached hydrogens (tertiary/aromatic N) is 2. The maximum atomic E-state index is 12.8. The topological polar surface area (TPSA) is 90.9 Å². The Morgan fingerprint density at radius 1 is 1.03 bits per heavy atom. The van der Waals surface area contributed by atoms with E-state index in [1.165, 1.54) is 18.4 Å². The zero-order valence-corrected chi connectivity index (χ0v) is 19.2. The standard InChI is InChI=1S/C23H32N4O3S/c1-3-17-8-10-18(11-9-17)21-16(2)22(26-31(21,29)30)27-14-12-20(13-15-27)25-23(28)24-19-6-4-5-7-19/h8-11,19-20H,3-7,12-15H2,1-2H3,(H2,24,25,28). The second-order valence-corrected chi connectivity index (χ2v) is 10.3. The minimum atomic E-state index is -3.71. The van der Waals surface area contributed by atoms with Gasteiger partial charge in [-0.05, 0) is 50.2 Å². The number of amides is 2. The highest BCUT2D eigenvalue weighted by atomic mass is 32.2. The van der Waals surface area contributed by atoms with E-state index in [1.807, 2.05) is 36.1 Å². The molecule has 2 amide bonds. The number of nitrogens with one attached hydrogen (secondary N) is 2. The van der Waals surface area contributed by atoms with Crippen LogP contribution in [-0.2, 0) is 16.4 Å². The van der Waals surface area contributed by atoms with Gasteiger partial charge < -0.3 is 15.5 Å². The molecule has 2 aliphatic heterocycles. The van der Waals surface area contributed by atoms with E-state index in [0.717, 1.165) is 32.1 Å². The number of piperidine rings is 1.